The van der Waals surface area contributed by atoms with E-state index in [1.807, 2.05) is 60.7 Å². The van der Waals surface area contributed by atoms with Crippen molar-refractivity contribution in [2.24, 2.45) is 0 Å². The Balaban J connectivity index is 1.57. The van der Waals surface area contributed by atoms with Crippen LogP contribution in [0.1, 0.15) is 35.2 Å². The van der Waals surface area contributed by atoms with E-state index in [1.54, 1.807) is 12.1 Å². The van der Waals surface area contributed by atoms with Crippen molar-refractivity contribution in [1.29, 1.82) is 0 Å². The highest BCUT2D eigenvalue weighted by Crippen LogP contribution is 2.29. The third-order valence-electron chi connectivity index (χ3n) is 5.78. The summed E-state index contributed by atoms with van der Waals surface area (Å²) in [5.41, 5.74) is 4.74. The molecule has 6 heteroatoms. The number of benzene rings is 3. The fraction of sp³-hybridized carbons (Fsp3) is 0.231. The van der Waals surface area contributed by atoms with Gasteiger partial charge in [-0.3, -0.25) is 9.59 Å². The number of ether oxygens (including phenoxy) is 1. The number of nitrogens with one attached hydrogen (secondary N) is 2. The molecule has 0 saturated heterocycles. The molecule has 32 heavy (non-hydrogen) atoms. The van der Waals surface area contributed by atoms with Gasteiger partial charge in [0.2, 0.25) is 5.91 Å². The summed E-state index contributed by atoms with van der Waals surface area (Å²) in [6, 6.07) is 21.8. The molecule has 1 aliphatic heterocycles. The van der Waals surface area contributed by atoms with E-state index in [-0.39, 0.29) is 18.1 Å². The Hall–Kier alpha value is -3.64. The van der Waals surface area contributed by atoms with Crippen LogP contribution in [0, 0.1) is 0 Å². The molecule has 1 amide bonds. The minimum Gasteiger partial charge on any atom is -0.508 e. The number of hydrogen-bond donors (Lipinski definition) is 3. The standard InChI is InChI=1S/C26H26N2O4/c1-32-24(30)16-23(20-9-7-18(8-10-20)17-5-3-2-4-6-17)28-26(31)25-22-15-21(29)12-11-19(22)13-14-27-25/h2-12,15,23,25,27,29H,13-14,16H2,1H3,(H,28,31). The van der Waals surface area contributed by atoms with Gasteiger partial charge in [-0.15, -0.1) is 0 Å². The second-order valence-electron chi connectivity index (χ2n) is 7.85. The molecule has 0 spiro atoms. The summed E-state index contributed by atoms with van der Waals surface area (Å²) < 4.78 is 4.86. The number of methoxy groups -OCH3 is 1. The average molecular weight is 431 g/mol. The maximum atomic E-state index is 13.2. The summed E-state index contributed by atoms with van der Waals surface area (Å²) in [5, 5.41) is 16.1. The molecule has 1 heterocycles. The smallest absolute Gasteiger partial charge is 0.307 e. The summed E-state index contributed by atoms with van der Waals surface area (Å²) >= 11 is 0. The highest BCUT2D eigenvalue weighted by molar-refractivity contribution is 5.85. The molecule has 164 valence electrons. The Morgan fingerprint density at radius 1 is 1.06 bits per heavy atom. The first-order valence-electron chi connectivity index (χ1n) is 10.6. The lowest BCUT2D eigenvalue weighted by Crippen LogP contribution is -2.43. The number of phenolic OH excluding ortho intramolecular Hbond substituents is 1. The minimum atomic E-state index is -0.602. The zero-order valence-corrected chi connectivity index (χ0v) is 17.9. The minimum absolute atomic E-state index is 0.0204. The van der Waals surface area contributed by atoms with Crippen LogP contribution in [0.3, 0.4) is 0 Å². The molecule has 0 aromatic heterocycles. The Bertz CT molecular complexity index is 1100. The summed E-state index contributed by atoms with van der Waals surface area (Å²) in [6.45, 7) is 0.656. The molecule has 4 rings (SSSR count). The van der Waals surface area contributed by atoms with E-state index >= 15 is 0 Å². The molecule has 0 fully saturated rings. The fourth-order valence-corrected chi connectivity index (χ4v) is 4.07. The lowest BCUT2D eigenvalue weighted by molar-refractivity contribution is -0.141. The predicted molar refractivity (Wildman–Crippen MR) is 122 cm³/mol. The lowest BCUT2D eigenvalue weighted by atomic mass is 9.92. The molecule has 3 aromatic rings. The van der Waals surface area contributed by atoms with Crippen molar-refractivity contribution in [3.8, 4) is 16.9 Å². The van der Waals surface area contributed by atoms with Crippen molar-refractivity contribution < 1.29 is 19.4 Å². The van der Waals surface area contributed by atoms with Gasteiger partial charge in [-0.05, 0) is 46.4 Å². The van der Waals surface area contributed by atoms with E-state index in [0.29, 0.717) is 6.54 Å². The Labute approximate surface area is 187 Å². The molecule has 3 aromatic carbocycles. The topological polar surface area (TPSA) is 87.7 Å². The number of phenols is 1. The second-order valence-corrected chi connectivity index (χ2v) is 7.85. The maximum absolute atomic E-state index is 13.2. The molecule has 2 unspecified atom stereocenters. The van der Waals surface area contributed by atoms with Gasteiger partial charge < -0.3 is 20.5 Å². The van der Waals surface area contributed by atoms with E-state index in [0.717, 1.165) is 34.2 Å². The van der Waals surface area contributed by atoms with Crippen molar-refractivity contribution in [2.45, 2.75) is 24.9 Å². The number of carbonyl (C=O) groups is 2. The average Bonchev–Trinajstić information content (AvgIpc) is 2.83. The van der Waals surface area contributed by atoms with Crippen molar-refractivity contribution in [3.05, 3.63) is 89.5 Å². The molecule has 0 radical (unpaired) electrons. The van der Waals surface area contributed by atoms with Crippen LogP contribution in [-0.4, -0.2) is 30.6 Å². The second kappa shape index (κ2) is 9.66. The van der Waals surface area contributed by atoms with E-state index in [2.05, 4.69) is 10.6 Å². The number of hydrogen-bond acceptors (Lipinski definition) is 5. The number of aromatic hydroxyl groups is 1. The van der Waals surface area contributed by atoms with Gasteiger partial charge in [0.15, 0.2) is 0 Å². The molecule has 2 atom stereocenters. The molecular formula is C26H26N2O4. The Morgan fingerprint density at radius 2 is 1.78 bits per heavy atom. The highest BCUT2D eigenvalue weighted by atomic mass is 16.5. The molecule has 0 saturated carbocycles. The van der Waals surface area contributed by atoms with Crippen LogP contribution in [0.2, 0.25) is 0 Å². The molecule has 3 N–H and O–H groups in total. The van der Waals surface area contributed by atoms with Gasteiger partial charge >= 0.3 is 5.97 Å². The number of rotatable bonds is 6. The van der Waals surface area contributed by atoms with Crippen molar-refractivity contribution >= 4 is 11.9 Å². The zero-order chi connectivity index (χ0) is 22.5. The Morgan fingerprint density at radius 3 is 2.50 bits per heavy atom. The van der Waals surface area contributed by atoms with Crippen LogP contribution in [0.5, 0.6) is 5.75 Å². The van der Waals surface area contributed by atoms with Crippen LogP contribution in [0.25, 0.3) is 11.1 Å². The predicted octanol–water partition coefficient (Wildman–Crippen LogP) is 3.67. The van der Waals surface area contributed by atoms with Gasteiger partial charge in [0.25, 0.3) is 0 Å². The zero-order valence-electron chi connectivity index (χ0n) is 17.9. The fourth-order valence-electron chi connectivity index (χ4n) is 4.07. The SMILES string of the molecule is COC(=O)CC(NC(=O)C1NCCc2ccc(O)cc21)c1ccc(-c2ccccc2)cc1. The van der Waals surface area contributed by atoms with Gasteiger partial charge in [-0.2, -0.15) is 0 Å². The number of amides is 1. The summed E-state index contributed by atoms with van der Waals surface area (Å²) in [5.74, 6) is -0.539. The summed E-state index contributed by atoms with van der Waals surface area (Å²) in [4.78, 5) is 25.3. The van der Waals surface area contributed by atoms with Crippen LogP contribution in [0.15, 0.2) is 72.8 Å². The number of esters is 1. The monoisotopic (exact) mass is 430 g/mol. The largest absolute Gasteiger partial charge is 0.508 e. The van der Waals surface area contributed by atoms with E-state index in [9.17, 15) is 14.7 Å². The molecule has 0 aliphatic carbocycles. The van der Waals surface area contributed by atoms with Gasteiger partial charge in [0.05, 0.1) is 19.6 Å². The van der Waals surface area contributed by atoms with Crippen molar-refractivity contribution in [3.63, 3.8) is 0 Å². The van der Waals surface area contributed by atoms with Crippen LogP contribution < -0.4 is 10.6 Å². The maximum Gasteiger partial charge on any atom is 0.307 e. The van der Waals surface area contributed by atoms with E-state index < -0.39 is 18.1 Å². The quantitative estimate of drug-likeness (QED) is 0.520. The van der Waals surface area contributed by atoms with Crippen molar-refractivity contribution in [2.75, 3.05) is 13.7 Å². The molecular weight excluding hydrogens is 404 g/mol. The third kappa shape index (κ3) is 4.81. The van der Waals surface area contributed by atoms with Gasteiger partial charge in [-0.25, -0.2) is 0 Å². The summed E-state index contributed by atoms with van der Waals surface area (Å²) in [7, 11) is 1.33. The van der Waals surface area contributed by atoms with Crippen LogP contribution in [0.4, 0.5) is 0 Å². The molecule has 0 bridgehead atoms. The van der Waals surface area contributed by atoms with Gasteiger partial charge in [0, 0.05) is 6.54 Å². The van der Waals surface area contributed by atoms with Crippen LogP contribution in [-0.2, 0) is 20.7 Å². The van der Waals surface area contributed by atoms with E-state index in [4.69, 9.17) is 4.74 Å². The third-order valence-corrected chi connectivity index (χ3v) is 5.78. The number of fused-ring (bicyclic) bond motifs is 1. The van der Waals surface area contributed by atoms with Gasteiger partial charge in [0.1, 0.15) is 11.8 Å². The van der Waals surface area contributed by atoms with Gasteiger partial charge in [-0.1, -0.05) is 60.7 Å². The molecule has 6 nitrogen and oxygen atoms in total. The first kappa shape index (κ1) is 21.6. The van der Waals surface area contributed by atoms with Crippen molar-refractivity contribution in [1.82, 2.24) is 10.6 Å². The summed E-state index contributed by atoms with van der Waals surface area (Å²) in [6.07, 6.45) is 0.804. The Kier molecular flexibility index (Phi) is 6.52. The lowest BCUT2D eigenvalue weighted by Gasteiger charge is -2.28. The number of carbonyl (C=O) groups excluding carboxylic acids is 2. The molecule has 1 aliphatic rings. The first-order chi connectivity index (χ1) is 15.5. The van der Waals surface area contributed by atoms with E-state index in [1.165, 1.54) is 7.11 Å². The first-order valence-corrected chi connectivity index (χ1v) is 10.6. The normalized spacial score (nSPS) is 16.0. The van der Waals surface area contributed by atoms with Crippen LogP contribution >= 0.6 is 0 Å². The highest BCUT2D eigenvalue weighted by Gasteiger charge is 2.29.